The molecule has 0 aliphatic rings. The number of halogens is 1. The molecule has 1 aromatic heterocycles. The minimum absolute atomic E-state index is 0.0861. The molecule has 0 bridgehead atoms. The summed E-state index contributed by atoms with van der Waals surface area (Å²) in [7, 11) is 0. The van der Waals surface area contributed by atoms with Gasteiger partial charge >= 0.3 is 0 Å². The highest BCUT2D eigenvalue weighted by Gasteiger charge is 2.07. The summed E-state index contributed by atoms with van der Waals surface area (Å²) in [5.41, 5.74) is 2.72. The van der Waals surface area contributed by atoms with E-state index >= 15 is 0 Å². The first-order chi connectivity index (χ1) is 16.7. The first-order valence-electron chi connectivity index (χ1n) is 11.9. The average Bonchev–Trinajstić information content (AvgIpc) is 3.31. The van der Waals surface area contributed by atoms with Crippen molar-refractivity contribution >= 4 is 22.4 Å². The van der Waals surface area contributed by atoms with Crippen LogP contribution in [-0.4, -0.2) is 28.5 Å². The van der Waals surface area contributed by atoms with Gasteiger partial charge in [-0.05, 0) is 29.1 Å². The van der Waals surface area contributed by atoms with E-state index in [1.54, 1.807) is 18.6 Å². The zero-order valence-corrected chi connectivity index (χ0v) is 20.5. The zero-order chi connectivity index (χ0) is 24.8. The molecule has 6 heteroatoms. The molecule has 0 spiro atoms. The number of imidazole rings is 1. The van der Waals surface area contributed by atoms with Crippen molar-refractivity contribution in [3.63, 3.8) is 0 Å². The van der Waals surface area contributed by atoms with Crippen molar-refractivity contribution in [2.75, 3.05) is 18.4 Å². The number of aromatic nitrogens is 2. The molecule has 0 unspecified atom stereocenters. The van der Waals surface area contributed by atoms with Crippen molar-refractivity contribution in [2.24, 2.45) is 0 Å². The van der Waals surface area contributed by atoms with Crippen LogP contribution in [0.15, 0.2) is 79.3 Å². The van der Waals surface area contributed by atoms with Crippen LogP contribution in [0, 0.1) is 5.82 Å². The van der Waals surface area contributed by atoms with E-state index in [2.05, 4.69) is 15.6 Å². The third kappa shape index (κ3) is 7.81. The monoisotopic (exact) mass is 462 g/mol. The van der Waals surface area contributed by atoms with Gasteiger partial charge in [0.15, 0.2) is 0 Å². The van der Waals surface area contributed by atoms with Gasteiger partial charge in [0.05, 0.1) is 12.9 Å². The second-order valence-corrected chi connectivity index (χ2v) is 7.14. The molecule has 1 heterocycles. The Morgan fingerprint density at radius 2 is 1.71 bits per heavy atom. The zero-order valence-electron chi connectivity index (χ0n) is 20.5. The second kappa shape index (κ2) is 14.6. The van der Waals surface area contributed by atoms with Gasteiger partial charge in [-0.15, -0.1) is 0 Å². The number of hydrogen-bond donors (Lipinski definition) is 2. The van der Waals surface area contributed by atoms with Crippen LogP contribution in [0.3, 0.4) is 0 Å². The molecule has 0 aliphatic carbocycles. The van der Waals surface area contributed by atoms with Crippen LogP contribution >= 0.6 is 0 Å². The smallest absolute Gasteiger partial charge is 0.238 e. The molecule has 4 aromatic rings. The molecule has 0 aliphatic heterocycles. The summed E-state index contributed by atoms with van der Waals surface area (Å²) >= 11 is 0. The third-order valence-corrected chi connectivity index (χ3v) is 4.95. The number of carbonyl (C=O) groups excluding carboxylic acids is 1. The van der Waals surface area contributed by atoms with Crippen LogP contribution in [0.2, 0.25) is 0 Å². The predicted molar refractivity (Wildman–Crippen MR) is 140 cm³/mol. The number of anilines is 1. The van der Waals surface area contributed by atoms with Crippen LogP contribution in [-0.2, 0) is 17.8 Å². The Labute approximate surface area is 202 Å². The topological polar surface area (TPSA) is 59.0 Å². The lowest BCUT2D eigenvalue weighted by Crippen LogP contribution is -2.30. The van der Waals surface area contributed by atoms with E-state index in [9.17, 15) is 9.18 Å². The van der Waals surface area contributed by atoms with Gasteiger partial charge in [-0.2, -0.15) is 0 Å². The number of nitrogens with one attached hydrogen (secondary N) is 2. The largest absolute Gasteiger partial charge is 0.333 e. The minimum atomic E-state index is -0.238. The van der Waals surface area contributed by atoms with E-state index in [4.69, 9.17) is 0 Å². The maximum absolute atomic E-state index is 13.4. The second-order valence-electron chi connectivity index (χ2n) is 7.14. The normalized spacial score (nSPS) is 10.0. The number of carbonyl (C=O) groups is 1. The lowest BCUT2D eigenvalue weighted by atomic mass is 10.1. The molecular weight excluding hydrogens is 427 g/mol. The van der Waals surface area contributed by atoms with Crippen LogP contribution < -0.4 is 10.6 Å². The minimum Gasteiger partial charge on any atom is -0.333 e. The number of rotatable bonds is 8. The summed E-state index contributed by atoms with van der Waals surface area (Å²) in [5, 5.41) is 8.26. The van der Waals surface area contributed by atoms with E-state index in [1.807, 2.05) is 80.8 Å². The standard InChI is InChI=1S/C24H23FN4O.2C2H6/c25-20-8-3-5-18(13-20)14-21-15-27-17-29(21)12-11-26-16-24(30)28-23-10-4-7-19-6-1-2-9-22(19)23;2*1-2/h1-10,13,15,17,26H,11-12,14,16H2,(H,28,30);2*1-2H3. The Bertz CT molecular complexity index is 1150. The molecule has 3 aromatic carbocycles. The van der Waals surface area contributed by atoms with E-state index < -0.39 is 0 Å². The molecule has 1 amide bonds. The predicted octanol–water partition coefficient (Wildman–Crippen LogP) is 6.05. The van der Waals surface area contributed by atoms with Gasteiger partial charge in [-0.1, -0.05) is 76.2 Å². The summed E-state index contributed by atoms with van der Waals surface area (Å²) in [6.07, 6.45) is 4.16. The summed E-state index contributed by atoms with van der Waals surface area (Å²) in [5.74, 6) is -0.325. The molecule has 2 N–H and O–H groups in total. The molecule has 0 radical (unpaired) electrons. The number of amides is 1. The van der Waals surface area contributed by atoms with Crippen molar-refractivity contribution in [2.45, 2.75) is 40.7 Å². The van der Waals surface area contributed by atoms with Gasteiger partial charge in [-0.25, -0.2) is 9.37 Å². The molecule has 4 rings (SSSR count). The Balaban J connectivity index is 0.000000970. The maximum Gasteiger partial charge on any atom is 0.238 e. The fraction of sp³-hybridized carbons (Fsp3) is 0.286. The Hall–Kier alpha value is -3.51. The fourth-order valence-corrected chi connectivity index (χ4v) is 3.48. The lowest BCUT2D eigenvalue weighted by molar-refractivity contribution is -0.115. The first kappa shape index (κ1) is 26.7. The highest BCUT2D eigenvalue weighted by molar-refractivity contribution is 6.02. The quantitative estimate of drug-likeness (QED) is 0.314. The Morgan fingerprint density at radius 1 is 0.971 bits per heavy atom. The first-order valence-corrected chi connectivity index (χ1v) is 11.9. The van der Waals surface area contributed by atoms with Gasteiger partial charge in [0.1, 0.15) is 5.82 Å². The van der Waals surface area contributed by atoms with Crippen molar-refractivity contribution in [1.29, 1.82) is 0 Å². The van der Waals surface area contributed by atoms with Crippen LogP contribution in [0.1, 0.15) is 39.0 Å². The Morgan fingerprint density at radius 3 is 2.50 bits per heavy atom. The summed E-state index contributed by atoms with van der Waals surface area (Å²) in [4.78, 5) is 16.5. The number of fused-ring (bicyclic) bond motifs is 1. The number of hydrogen-bond acceptors (Lipinski definition) is 3. The van der Waals surface area contributed by atoms with Crippen LogP contribution in [0.25, 0.3) is 10.8 Å². The molecule has 0 fully saturated rings. The fourth-order valence-electron chi connectivity index (χ4n) is 3.48. The van der Waals surface area contributed by atoms with Gasteiger partial charge < -0.3 is 15.2 Å². The summed E-state index contributed by atoms with van der Waals surface area (Å²) in [6, 6.07) is 20.4. The summed E-state index contributed by atoms with van der Waals surface area (Å²) in [6.45, 7) is 9.51. The molecule has 34 heavy (non-hydrogen) atoms. The van der Waals surface area contributed by atoms with Crippen molar-refractivity contribution in [1.82, 2.24) is 14.9 Å². The van der Waals surface area contributed by atoms with Crippen LogP contribution in [0.4, 0.5) is 10.1 Å². The molecular formula is C28H35FN4O. The van der Waals surface area contributed by atoms with E-state index in [1.165, 1.54) is 12.1 Å². The van der Waals surface area contributed by atoms with E-state index in [0.717, 1.165) is 27.7 Å². The van der Waals surface area contributed by atoms with Gasteiger partial charge in [0, 0.05) is 42.5 Å². The maximum atomic E-state index is 13.4. The van der Waals surface area contributed by atoms with Gasteiger partial charge in [-0.3, -0.25) is 4.79 Å². The molecule has 0 atom stereocenters. The van der Waals surface area contributed by atoms with Crippen molar-refractivity contribution < 1.29 is 9.18 Å². The highest BCUT2D eigenvalue weighted by Crippen LogP contribution is 2.22. The third-order valence-electron chi connectivity index (χ3n) is 4.95. The van der Waals surface area contributed by atoms with Crippen LogP contribution in [0.5, 0.6) is 0 Å². The Kier molecular flexibility index (Phi) is 11.5. The molecule has 0 saturated carbocycles. The molecule has 180 valence electrons. The lowest BCUT2D eigenvalue weighted by Gasteiger charge is -2.11. The number of benzene rings is 3. The summed E-state index contributed by atoms with van der Waals surface area (Å²) < 4.78 is 15.4. The number of nitrogens with zero attached hydrogens (tertiary/aromatic N) is 2. The van der Waals surface area contributed by atoms with Gasteiger partial charge in [0.25, 0.3) is 0 Å². The highest BCUT2D eigenvalue weighted by atomic mass is 19.1. The van der Waals surface area contributed by atoms with Crippen molar-refractivity contribution in [3.05, 3.63) is 96.3 Å². The average molecular weight is 463 g/mol. The van der Waals surface area contributed by atoms with E-state index in [-0.39, 0.29) is 18.3 Å². The molecule has 0 saturated heterocycles. The van der Waals surface area contributed by atoms with Crippen molar-refractivity contribution in [3.8, 4) is 0 Å². The van der Waals surface area contributed by atoms with Gasteiger partial charge in [0.2, 0.25) is 5.91 Å². The molecule has 5 nitrogen and oxygen atoms in total. The van der Waals surface area contributed by atoms with E-state index in [0.29, 0.717) is 19.5 Å². The SMILES string of the molecule is CC.CC.O=C(CNCCn1cncc1Cc1cccc(F)c1)Nc1cccc2ccccc12.